The Balaban J connectivity index is 3.47. The van der Waals surface area contributed by atoms with Gasteiger partial charge in [-0.2, -0.15) is 0 Å². The Labute approximate surface area is 99.9 Å². The molecule has 0 aliphatic rings. The minimum atomic E-state index is -0.554. The van der Waals surface area contributed by atoms with Crippen LogP contribution in [0.4, 0.5) is 10.5 Å². The van der Waals surface area contributed by atoms with Gasteiger partial charge >= 0.3 is 6.03 Å². The molecule has 0 heterocycles. The fourth-order valence-corrected chi connectivity index (χ4v) is 1.74. The SMILES string of the molecule is COc1cc(C)c(Cl)c(C)c1N(C)C(N)=O. The van der Waals surface area contributed by atoms with Crippen molar-refractivity contribution in [2.45, 2.75) is 13.8 Å². The zero-order chi connectivity index (χ0) is 12.5. The van der Waals surface area contributed by atoms with E-state index in [0.29, 0.717) is 16.5 Å². The van der Waals surface area contributed by atoms with E-state index in [1.54, 1.807) is 20.2 Å². The van der Waals surface area contributed by atoms with Gasteiger partial charge < -0.3 is 10.5 Å². The van der Waals surface area contributed by atoms with E-state index < -0.39 is 6.03 Å². The standard InChI is InChI=1S/C11H15ClN2O2/c1-6-5-8(16-4)10(7(2)9(6)12)14(3)11(13)15/h5H,1-4H3,(H2,13,15). The molecule has 0 saturated heterocycles. The highest BCUT2D eigenvalue weighted by Crippen LogP contribution is 2.37. The third kappa shape index (κ3) is 2.07. The average molecular weight is 243 g/mol. The molecule has 0 atom stereocenters. The van der Waals surface area contributed by atoms with Gasteiger partial charge in [0.15, 0.2) is 0 Å². The molecule has 1 aromatic carbocycles. The number of hydrogen-bond donors (Lipinski definition) is 1. The number of halogens is 1. The first-order chi connectivity index (χ1) is 7.40. The molecular formula is C11H15ClN2O2. The van der Waals surface area contributed by atoms with E-state index in [0.717, 1.165) is 11.1 Å². The number of urea groups is 1. The number of carbonyl (C=O) groups excluding carboxylic acids is 1. The monoisotopic (exact) mass is 242 g/mol. The van der Waals surface area contributed by atoms with Crippen molar-refractivity contribution < 1.29 is 9.53 Å². The van der Waals surface area contributed by atoms with E-state index in [4.69, 9.17) is 22.1 Å². The third-order valence-corrected chi connectivity index (χ3v) is 3.08. The first-order valence-corrected chi connectivity index (χ1v) is 5.14. The van der Waals surface area contributed by atoms with Gasteiger partial charge in [0.2, 0.25) is 0 Å². The van der Waals surface area contributed by atoms with Gasteiger partial charge in [-0.25, -0.2) is 4.79 Å². The largest absolute Gasteiger partial charge is 0.495 e. The Morgan fingerprint density at radius 1 is 1.50 bits per heavy atom. The zero-order valence-corrected chi connectivity index (χ0v) is 10.6. The van der Waals surface area contributed by atoms with Gasteiger partial charge in [-0.15, -0.1) is 0 Å². The van der Waals surface area contributed by atoms with Gasteiger partial charge in [-0.3, -0.25) is 4.90 Å². The number of methoxy groups -OCH3 is 1. The van der Waals surface area contributed by atoms with Gasteiger partial charge in [0.1, 0.15) is 5.75 Å². The van der Waals surface area contributed by atoms with Crippen LogP contribution in [-0.2, 0) is 0 Å². The molecule has 2 amide bonds. The molecule has 0 spiro atoms. The molecule has 0 aliphatic heterocycles. The highest BCUT2D eigenvalue weighted by molar-refractivity contribution is 6.32. The fraction of sp³-hybridized carbons (Fsp3) is 0.364. The number of nitrogens with zero attached hydrogens (tertiary/aromatic N) is 1. The number of aryl methyl sites for hydroxylation is 1. The summed E-state index contributed by atoms with van der Waals surface area (Å²) in [5, 5.41) is 0.615. The van der Waals surface area contributed by atoms with Gasteiger partial charge in [0.05, 0.1) is 12.8 Å². The lowest BCUT2D eigenvalue weighted by Gasteiger charge is -2.21. The Bertz CT molecular complexity index is 432. The van der Waals surface area contributed by atoms with Gasteiger partial charge in [0, 0.05) is 12.1 Å². The van der Waals surface area contributed by atoms with Gasteiger partial charge in [-0.1, -0.05) is 11.6 Å². The average Bonchev–Trinajstić information content (AvgIpc) is 2.24. The maximum absolute atomic E-state index is 11.2. The smallest absolute Gasteiger partial charge is 0.319 e. The van der Waals surface area contributed by atoms with Crippen LogP contribution in [0.2, 0.25) is 5.02 Å². The minimum Gasteiger partial charge on any atom is -0.495 e. The number of hydrogen-bond acceptors (Lipinski definition) is 2. The van der Waals surface area contributed by atoms with E-state index in [1.807, 2.05) is 13.8 Å². The summed E-state index contributed by atoms with van der Waals surface area (Å²) in [6.45, 7) is 3.71. The lowest BCUT2D eigenvalue weighted by molar-refractivity contribution is 0.255. The first kappa shape index (κ1) is 12.6. The molecule has 0 aromatic heterocycles. The van der Waals surface area contributed by atoms with Crippen LogP contribution < -0.4 is 15.4 Å². The first-order valence-electron chi connectivity index (χ1n) is 4.77. The van der Waals surface area contributed by atoms with Crippen LogP contribution in [0.15, 0.2) is 6.07 Å². The van der Waals surface area contributed by atoms with Crippen molar-refractivity contribution in [2.75, 3.05) is 19.1 Å². The van der Waals surface area contributed by atoms with Crippen LogP contribution in [0.5, 0.6) is 5.75 Å². The second kappa shape index (κ2) is 4.61. The highest BCUT2D eigenvalue weighted by atomic mass is 35.5. The topological polar surface area (TPSA) is 55.6 Å². The molecule has 0 fully saturated rings. The molecule has 16 heavy (non-hydrogen) atoms. The Morgan fingerprint density at radius 3 is 2.50 bits per heavy atom. The fourth-order valence-electron chi connectivity index (χ4n) is 1.60. The number of ether oxygens (including phenoxy) is 1. The van der Waals surface area contributed by atoms with Gasteiger partial charge in [-0.05, 0) is 31.0 Å². The summed E-state index contributed by atoms with van der Waals surface area (Å²) in [6.07, 6.45) is 0. The summed E-state index contributed by atoms with van der Waals surface area (Å²) < 4.78 is 5.23. The van der Waals surface area contributed by atoms with E-state index in [-0.39, 0.29) is 0 Å². The summed E-state index contributed by atoms with van der Waals surface area (Å²) in [6, 6.07) is 1.23. The van der Waals surface area contributed by atoms with Crippen molar-refractivity contribution in [1.82, 2.24) is 0 Å². The quantitative estimate of drug-likeness (QED) is 0.866. The summed E-state index contributed by atoms with van der Waals surface area (Å²) in [7, 11) is 3.12. The molecule has 5 heteroatoms. The zero-order valence-electron chi connectivity index (χ0n) is 9.80. The molecule has 2 N–H and O–H groups in total. The minimum absolute atomic E-state index is 0.554. The molecule has 0 saturated carbocycles. The number of anilines is 1. The predicted octanol–water partition coefficient (Wildman–Crippen LogP) is 2.48. The molecular weight excluding hydrogens is 228 g/mol. The van der Waals surface area contributed by atoms with Crippen molar-refractivity contribution in [3.8, 4) is 5.75 Å². The molecule has 88 valence electrons. The Kier molecular flexibility index (Phi) is 3.65. The van der Waals surface area contributed by atoms with Crippen LogP contribution >= 0.6 is 11.6 Å². The van der Waals surface area contributed by atoms with Crippen LogP contribution in [0.3, 0.4) is 0 Å². The summed E-state index contributed by atoms with van der Waals surface area (Å²) in [5.41, 5.74) is 7.52. The summed E-state index contributed by atoms with van der Waals surface area (Å²) in [5.74, 6) is 0.584. The summed E-state index contributed by atoms with van der Waals surface area (Å²) >= 11 is 6.13. The maximum atomic E-state index is 11.2. The third-order valence-electron chi connectivity index (χ3n) is 2.50. The summed E-state index contributed by atoms with van der Waals surface area (Å²) in [4.78, 5) is 12.5. The van der Waals surface area contributed by atoms with Crippen molar-refractivity contribution in [3.63, 3.8) is 0 Å². The Morgan fingerprint density at radius 2 is 2.06 bits per heavy atom. The Hall–Kier alpha value is -1.42. The molecule has 0 radical (unpaired) electrons. The van der Waals surface area contributed by atoms with Crippen LogP contribution in [-0.4, -0.2) is 20.2 Å². The molecule has 0 aliphatic carbocycles. The van der Waals surface area contributed by atoms with Crippen LogP contribution in [0, 0.1) is 13.8 Å². The van der Waals surface area contributed by atoms with Crippen LogP contribution in [0.1, 0.15) is 11.1 Å². The number of rotatable bonds is 2. The molecule has 4 nitrogen and oxygen atoms in total. The van der Waals surface area contributed by atoms with Crippen molar-refractivity contribution >= 4 is 23.3 Å². The number of benzene rings is 1. The normalized spacial score (nSPS) is 10.1. The number of primary amides is 1. The second-order valence-electron chi connectivity index (χ2n) is 3.58. The van der Waals surface area contributed by atoms with Crippen molar-refractivity contribution in [1.29, 1.82) is 0 Å². The maximum Gasteiger partial charge on any atom is 0.319 e. The number of amides is 2. The van der Waals surface area contributed by atoms with E-state index in [2.05, 4.69) is 0 Å². The second-order valence-corrected chi connectivity index (χ2v) is 3.96. The molecule has 1 rings (SSSR count). The van der Waals surface area contributed by atoms with Gasteiger partial charge in [0.25, 0.3) is 0 Å². The van der Waals surface area contributed by atoms with Crippen LogP contribution in [0.25, 0.3) is 0 Å². The van der Waals surface area contributed by atoms with Crippen molar-refractivity contribution in [2.24, 2.45) is 5.73 Å². The lowest BCUT2D eigenvalue weighted by Crippen LogP contribution is -2.32. The van der Waals surface area contributed by atoms with E-state index >= 15 is 0 Å². The highest BCUT2D eigenvalue weighted by Gasteiger charge is 2.18. The number of carbonyl (C=O) groups is 1. The van der Waals surface area contributed by atoms with Crippen molar-refractivity contribution in [3.05, 3.63) is 22.2 Å². The van der Waals surface area contributed by atoms with E-state index in [9.17, 15) is 4.79 Å². The molecule has 0 bridgehead atoms. The number of nitrogens with two attached hydrogens (primary N) is 1. The van der Waals surface area contributed by atoms with E-state index in [1.165, 1.54) is 4.90 Å². The lowest BCUT2D eigenvalue weighted by atomic mass is 10.1. The predicted molar refractivity (Wildman–Crippen MR) is 65.5 cm³/mol. The molecule has 1 aromatic rings. The molecule has 0 unspecified atom stereocenters.